The van der Waals surface area contributed by atoms with E-state index < -0.39 is 5.82 Å². The molecule has 0 bridgehead atoms. The zero-order valence-electron chi connectivity index (χ0n) is 13.1. The molecule has 1 fully saturated rings. The lowest BCUT2D eigenvalue weighted by Gasteiger charge is -2.20. The van der Waals surface area contributed by atoms with Crippen LogP contribution in [0.3, 0.4) is 0 Å². The van der Waals surface area contributed by atoms with Crippen molar-refractivity contribution in [3.05, 3.63) is 64.7 Å². The SMILES string of the molecule is N#Cc1c(NC2CCOC2c2ccc(Cl)c(F)c2)nc2ccccn12. The van der Waals surface area contributed by atoms with Crippen LogP contribution >= 0.6 is 11.6 Å². The number of hydrogen-bond donors (Lipinski definition) is 1. The molecule has 2 atom stereocenters. The van der Waals surface area contributed by atoms with E-state index in [0.717, 1.165) is 6.42 Å². The van der Waals surface area contributed by atoms with E-state index >= 15 is 0 Å². The van der Waals surface area contributed by atoms with Gasteiger partial charge in [0.15, 0.2) is 11.5 Å². The van der Waals surface area contributed by atoms with Crippen molar-refractivity contribution in [3.8, 4) is 6.07 Å². The van der Waals surface area contributed by atoms with Crippen molar-refractivity contribution in [2.45, 2.75) is 18.6 Å². The van der Waals surface area contributed by atoms with E-state index in [-0.39, 0.29) is 17.2 Å². The van der Waals surface area contributed by atoms with Gasteiger partial charge in [-0.3, -0.25) is 4.40 Å². The topological polar surface area (TPSA) is 62.3 Å². The number of nitrogens with zero attached hydrogens (tertiary/aromatic N) is 3. The predicted octanol–water partition coefficient (Wildman–Crippen LogP) is 3.94. The highest BCUT2D eigenvalue weighted by Crippen LogP contribution is 2.33. The Morgan fingerprint density at radius 1 is 1.36 bits per heavy atom. The Hall–Kier alpha value is -2.62. The Morgan fingerprint density at radius 2 is 2.24 bits per heavy atom. The fraction of sp³-hybridized carbons (Fsp3) is 0.222. The number of halogens is 2. The smallest absolute Gasteiger partial charge is 0.168 e. The van der Waals surface area contributed by atoms with Crippen molar-refractivity contribution in [1.82, 2.24) is 9.38 Å². The molecule has 0 saturated carbocycles. The molecule has 2 unspecified atom stereocenters. The zero-order valence-corrected chi connectivity index (χ0v) is 13.9. The highest BCUT2D eigenvalue weighted by molar-refractivity contribution is 6.30. The van der Waals surface area contributed by atoms with Crippen LogP contribution in [0.1, 0.15) is 23.8 Å². The van der Waals surface area contributed by atoms with Gasteiger partial charge in [0.25, 0.3) is 0 Å². The number of imidazole rings is 1. The number of anilines is 1. The van der Waals surface area contributed by atoms with Crippen molar-refractivity contribution >= 4 is 23.1 Å². The van der Waals surface area contributed by atoms with E-state index in [2.05, 4.69) is 16.4 Å². The van der Waals surface area contributed by atoms with E-state index in [1.807, 2.05) is 18.2 Å². The molecule has 0 amide bonds. The fourth-order valence-electron chi connectivity index (χ4n) is 3.13. The molecule has 1 saturated heterocycles. The molecule has 2 aromatic heterocycles. The van der Waals surface area contributed by atoms with Crippen LogP contribution in [0.2, 0.25) is 5.02 Å². The van der Waals surface area contributed by atoms with Crippen LogP contribution in [0.25, 0.3) is 5.65 Å². The van der Waals surface area contributed by atoms with Gasteiger partial charge in [-0.15, -0.1) is 0 Å². The van der Waals surface area contributed by atoms with E-state index in [1.165, 1.54) is 12.1 Å². The molecule has 5 nitrogen and oxygen atoms in total. The van der Waals surface area contributed by atoms with E-state index in [0.29, 0.717) is 29.3 Å². The quantitative estimate of drug-likeness (QED) is 0.772. The third-order valence-electron chi connectivity index (χ3n) is 4.32. The second-order valence-electron chi connectivity index (χ2n) is 5.85. The third-order valence-corrected chi connectivity index (χ3v) is 4.63. The highest BCUT2D eigenvalue weighted by Gasteiger charge is 2.31. The summed E-state index contributed by atoms with van der Waals surface area (Å²) in [5, 5.41) is 12.9. The van der Waals surface area contributed by atoms with Gasteiger partial charge in [0.2, 0.25) is 0 Å². The van der Waals surface area contributed by atoms with Crippen LogP contribution in [-0.4, -0.2) is 22.0 Å². The molecule has 25 heavy (non-hydrogen) atoms. The summed E-state index contributed by atoms with van der Waals surface area (Å²) in [4.78, 5) is 4.49. The van der Waals surface area contributed by atoms with Gasteiger partial charge in [0.1, 0.15) is 23.6 Å². The molecule has 1 aromatic carbocycles. The first-order chi connectivity index (χ1) is 12.2. The van der Waals surface area contributed by atoms with Crippen molar-refractivity contribution in [2.75, 3.05) is 11.9 Å². The van der Waals surface area contributed by atoms with Gasteiger partial charge in [-0.1, -0.05) is 23.7 Å². The number of aromatic nitrogens is 2. The number of rotatable bonds is 3. The Bertz CT molecular complexity index is 981. The lowest BCUT2D eigenvalue weighted by Crippen LogP contribution is -2.24. The summed E-state index contributed by atoms with van der Waals surface area (Å²) in [6.45, 7) is 0.543. The van der Waals surface area contributed by atoms with E-state index in [9.17, 15) is 9.65 Å². The lowest BCUT2D eigenvalue weighted by molar-refractivity contribution is 0.107. The number of hydrogen-bond acceptors (Lipinski definition) is 4. The van der Waals surface area contributed by atoms with Crippen molar-refractivity contribution < 1.29 is 9.13 Å². The molecule has 0 aliphatic carbocycles. The van der Waals surface area contributed by atoms with Gasteiger partial charge in [0, 0.05) is 12.8 Å². The minimum atomic E-state index is -0.473. The maximum absolute atomic E-state index is 13.8. The molecule has 1 N–H and O–H groups in total. The van der Waals surface area contributed by atoms with Crippen LogP contribution in [0.4, 0.5) is 10.2 Å². The van der Waals surface area contributed by atoms with Gasteiger partial charge >= 0.3 is 0 Å². The Balaban J connectivity index is 1.66. The Morgan fingerprint density at radius 3 is 3.04 bits per heavy atom. The largest absolute Gasteiger partial charge is 0.371 e. The summed E-state index contributed by atoms with van der Waals surface area (Å²) in [5.74, 6) is 0.0301. The van der Waals surface area contributed by atoms with E-state index in [4.69, 9.17) is 16.3 Å². The van der Waals surface area contributed by atoms with Gasteiger partial charge in [-0.2, -0.15) is 5.26 Å². The number of pyridine rings is 1. The summed E-state index contributed by atoms with van der Waals surface area (Å²) in [7, 11) is 0. The fourth-order valence-corrected chi connectivity index (χ4v) is 3.25. The van der Waals surface area contributed by atoms with Gasteiger partial charge in [0.05, 0.1) is 11.1 Å². The predicted molar refractivity (Wildman–Crippen MR) is 92.0 cm³/mol. The van der Waals surface area contributed by atoms with Crippen LogP contribution < -0.4 is 5.32 Å². The first kappa shape index (κ1) is 15.9. The van der Waals surface area contributed by atoms with Gasteiger partial charge < -0.3 is 10.1 Å². The maximum atomic E-state index is 13.8. The first-order valence-corrected chi connectivity index (χ1v) is 8.25. The van der Waals surface area contributed by atoms with Crippen LogP contribution in [0.5, 0.6) is 0 Å². The van der Waals surface area contributed by atoms with Crippen LogP contribution in [0.15, 0.2) is 42.6 Å². The summed E-state index contributed by atoms with van der Waals surface area (Å²) < 4.78 is 21.3. The summed E-state index contributed by atoms with van der Waals surface area (Å²) in [6.07, 6.45) is 2.19. The average Bonchev–Trinajstić information content (AvgIpc) is 3.21. The Kier molecular flexibility index (Phi) is 4.04. The minimum absolute atomic E-state index is 0.0818. The average molecular weight is 357 g/mol. The summed E-state index contributed by atoms with van der Waals surface area (Å²) >= 11 is 5.76. The molecule has 4 rings (SSSR count). The number of benzene rings is 1. The zero-order chi connectivity index (χ0) is 17.4. The van der Waals surface area contributed by atoms with Crippen LogP contribution in [0, 0.1) is 17.1 Å². The maximum Gasteiger partial charge on any atom is 0.168 e. The summed E-state index contributed by atoms with van der Waals surface area (Å²) in [6, 6.07) is 12.3. The molecule has 7 heteroatoms. The number of nitriles is 1. The van der Waals surface area contributed by atoms with Crippen molar-refractivity contribution in [2.24, 2.45) is 0 Å². The monoisotopic (exact) mass is 356 g/mol. The lowest BCUT2D eigenvalue weighted by atomic mass is 10.0. The van der Waals surface area contributed by atoms with Crippen LogP contribution in [-0.2, 0) is 4.74 Å². The molecular weight excluding hydrogens is 343 g/mol. The molecule has 1 aliphatic rings. The molecular formula is C18H14ClFN4O. The molecule has 0 spiro atoms. The number of nitrogens with one attached hydrogen (secondary N) is 1. The van der Waals surface area contributed by atoms with Crippen molar-refractivity contribution in [1.29, 1.82) is 5.26 Å². The third kappa shape index (κ3) is 2.82. The summed E-state index contributed by atoms with van der Waals surface area (Å²) in [5.41, 5.74) is 1.83. The second kappa shape index (κ2) is 6.36. The highest BCUT2D eigenvalue weighted by atomic mass is 35.5. The van der Waals surface area contributed by atoms with Crippen molar-refractivity contribution in [3.63, 3.8) is 0 Å². The molecule has 126 valence electrons. The molecule has 1 aliphatic heterocycles. The molecule has 3 heterocycles. The molecule has 0 radical (unpaired) electrons. The first-order valence-electron chi connectivity index (χ1n) is 7.87. The van der Waals surface area contributed by atoms with E-state index in [1.54, 1.807) is 16.7 Å². The number of ether oxygens (including phenoxy) is 1. The normalized spacial score (nSPS) is 19.9. The second-order valence-corrected chi connectivity index (χ2v) is 6.26. The van der Waals surface area contributed by atoms with Gasteiger partial charge in [-0.25, -0.2) is 9.37 Å². The number of fused-ring (bicyclic) bond motifs is 1. The molecule has 3 aromatic rings. The van der Waals surface area contributed by atoms with Gasteiger partial charge in [-0.05, 0) is 36.2 Å². The Labute approximate surface area is 148 Å². The minimum Gasteiger partial charge on any atom is -0.371 e. The standard InChI is InChI=1S/C18H14ClFN4O/c19-12-5-4-11(9-13(12)20)17-14(6-8-25-17)22-18-15(10-21)24-7-2-1-3-16(24)23-18/h1-5,7,9,14,17,22H,6,8H2.